The molecule has 0 spiro atoms. The third kappa shape index (κ3) is 1.80. The number of phenolic OH excluding ortho intramolecular Hbond substituents is 1. The summed E-state index contributed by atoms with van der Waals surface area (Å²) in [4.78, 5) is 0. The van der Waals surface area contributed by atoms with Gasteiger partial charge in [0.05, 0.1) is 11.2 Å². The van der Waals surface area contributed by atoms with Gasteiger partial charge < -0.3 is 9.67 Å². The van der Waals surface area contributed by atoms with Crippen molar-refractivity contribution in [3.63, 3.8) is 0 Å². The molecule has 0 saturated carbocycles. The van der Waals surface area contributed by atoms with Crippen LogP contribution in [0.2, 0.25) is 0 Å². The topological polar surface area (TPSA) is 25.2 Å². The van der Waals surface area contributed by atoms with Gasteiger partial charge in [-0.15, -0.1) is 0 Å². The average molecular weight is 251 g/mol. The quantitative estimate of drug-likeness (QED) is 0.720. The number of hydrogen-bond donors (Lipinski definition) is 1. The van der Waals surface area contributed by atoms with Gasteiger partial charge in [0.25, 0.3) is 0 Å². The monoisotopic (exact) mass is 251 g/mol. The van der Waals surface area contributed by atoms with E-state index in [1.807, 2.05) is 18.2 Å². The molecule has 96 valence electrons. The summed E-state index contributed by atoms with van der Waals surface area (Å²) in [5.41, 5.74) is 4.82. The summed E-state index contributed by atoms with van der Waals surface area (Å²) < 4.78 is 2.26. The molecule has 2 nitrogen and oxygen atoms in total. The Balaban J connectivity index is 2.39. The van der Waals surface area contributed by atoms with E-state index in [4.69, 9.17) is 0 Å². The molecule has 3 aromatic rings. The van der Waals surface area contributed by atoms with E-state index >= 15 is 0 Å². The fourth-order valence-electron chi connectivity index (χ4n) is 2.81. The lowest BCUT2D eigenvalue weighted by atomic mass is 10.1. The Hall–Kier alpha value is -2.22. The van der Waals surface area contributed by atoms with Crippen LogP contribution in [0.25, 0.3) is 22.2 Å². The van der Waals surface area contributed by atoms with Crippen LogP contribution in [0.5, 0.6) is 5.75 Å². The van der Waals surface area contributed by atoms with Crippen molar-refractivity contribution < 1.29 is 5.11 Å². The summed E-state index contributed by atoms with van der Waals surface area (Å²) in [5, 5.41) is 10.9. The molecular formula is C17H17NO. The Kier molecular flexibility index (Phi) is 2.79. The molecule has 0 aliphatic heterocycles. The maximum Gasteiger partial charge on any atom is 0.117 e. The second kappa shape index (κ2) is 4.47. The lowest BCUT2D eigenvalue weighted by molar-refractivity contribution is 0.476. The van der Waals surface area contributed by atoms with Gasteiger partial charge in [0.2, 0.25) is 0 Å². The molecule has 0 saturated heterocycles. The number of hydrogen-bond acceptors (Lipinski definition) is 1. The first kappa shape index (κ1) is 11.8. The highest BCUT2D eigenvalue weighted by Crippen LogP contribution is 2.34. The number of rotatable bonds is 2. The second-order valence-electron chi connectivity index (χ2n) is 4.79. The third-order valence-corrected chi connectivity index (χ3v) is 3.66. The molecule has 0 unspecified atom stereocenters. The van der Waals surface area contributed by atoms with Gasteiger partial charge in [-0.05, 0) is 37.1 Å². The van der Waals surface area contributed by atoms with E-state index in [0.29, 0.717) is 5.75 Å². The Bertz CT molecular complexity index is 726. The lowest BCUT2D eigenvalue weighted by Gasteiger charge is -2.09. The first-order valence-corrected chi connectivity index (χ1v) is 6.59. The standard InChI is InChI=1S/C17H17NO/c1-3-18-16-11-14(19)9-10-15(16)12(2)17(18)13-7-5-4-6-8-13/h4-11,19H,3H2,1-2H3. The molecule has 0 fully saturated rings. The third-order valence-electron chi connectivity index (χ3n) is 3.66. The predicted octanol–water partition coefficient (Wildman–Crippen LogP) is 4.34. The molecule has 0 bridgehead atoms. The average Bonchev–Trinajstić information content (AvgIpc) is 2.71. The van der Waals surface area contributed by atoms with E-state index in [9.17, 15) is 5.11 Å². The molecule has 0 aliphatic carbocycles. The van der Waals surface area contributed by atoms with Crippen molar-refractivity contribution in [2.45, 2.75) is 20.4 Å². The normalized spacial score (nSPS) is 11.1. The van der Waals surface area contributed by atoms with Gasteiger partial charge in [0, 0.05) is 18.0 Å². The van der Waals surface area contributed by atoms with Crippen LogP contribution in [0, 0.1) is 6.92 Å². The number of aryl methyl sites for hydroxylation is 2. The molecule has 1 N–H and O–H groups in total. The summed E-state index contributed by atoms with van der Waals surface area (Å²) in [5.74, 6) is 0.319. The summed E-state index contributed by atoms with van der Waals surface area (Å²) in [6.07, 6.45) is 0. The van der Waals surface area contributed by atoms with Crippen LogP contribution < -0.4 is 0 Å². The van der Waals surface area contributed by atoms with Gasteiger partial charge in [-0.1, -0.05) is 30.3 Å². The minimum absolute atomic E-state index is 0.319. The molecule has 0 atom stereocenters. The molecular weight excluding hydrogens is 234 g/mol. The highest BCUT2D eigenvalue weighted by atomic mass is 16.3. The first-order valence-electron chi connectivity index (χ1n) is 6.59. The van der Waals surface area contributed by atoms with Crippen molar-refractivity contribution in [3.05, 3.63) is 54.1 Å². The second-order valence-corrected chi connectivity index (χ2v) is 4.79. The van der Waals surface area contributed by atoms with Gasteiger partial charge in [0.15, 0.2) is 0 Å². The predicted molar refractivity (Wildman–Crippen MR) is 79.4 cm³/mol. The number of phenols is 1. The number of nitrogens with zero attached hydrogens (tertiary/aromatic N) is 1. The van der Waals surface area contributed by atoms with Crippen LogP contribution in [-0.2, 0) is 6.54 Å². The van der Waals surface area contributed by atoms with Crippen molar-refractivity contribution in [1.82, 2.24) is 4.57 Å². The minimum Gasteiger partial charge on any atom is -0.508 e. The Morgan fingerprint density at radius 1 is 1.05 bits per heavy atom. The zero-order valence-electron chi connectivity index (χ0n) is 11.2. The van der Waals surface area contributed by atoms with Crippen LogP contribution in [0.1, 0.15) is 12.5 Å². The van der Waals surface area contributed by atoms with Crippen LogP contribution in [-0.4, -0.2) is 9.67 Å². The molecule has 3 rings (SSSR count). The molecule has 2 aromatic carbocycles. The lowest BCUT2D eigenvalue weighted by Crippen LogP contribution is -1.97. The number of aromatic hydroxyl groups is 1. The Morgan fingerprint density at radius 3 is 2.47 bits per heavy atom. The van der Waals surface area contributed by atoms with Crippen molar-refractivity contribution in [1.29, 1.82) is 0 Å². The highest BCUT2D eigenvalue weighted by molar-refractivity contribution is 5.92. The van der Waals surface area contributed by atoms with Gasteiger partial charge in [-0.2, -0.15) is 0 Å². The molecule has 1 heterocycles. The van der Waals surface area contributed by atoms with Crippen molar-refractivity contribution >= 4 is 10.9 Å². The summed E-state index contributed by atoms with van der Waals surface area (Å²) >= 11 is 0. The molecule has 1 aromatic heterocycles. The number of fused-ring (bicyclic) bond motifs is 1. The first-order chi connectivity index (χ1) is 9.22. The van der Waals surface area contributed by atoms with Crippen molar-refractivity contribution in [2.75, 3.05) is 0 Å². The van der Waals surface area contributed by atoms with Crippen LogP contribution >= 0.6 is 0 Å². The molecule has 0 amide bonds. The molecule has 0 radical (unpaired) electrons. The Morgan fingerprint density at radius 2 is 1.79 bits per heavy atom. The summed E-state index contributed by atoms with van der Waals surface area (Å²) in [7, 11) is 0. The highest BCUT2D eigenvalue weighted by Gasteiger charge is 2.14. The molecule has 0 aliphatic rings. The Labute approximate surface area is 112 Å². The van der Waals surface area contributed by atoms with E-state index in [-0.39, 0.29) is 0 Å². The number of aromatic nitrogens is 1. The summed E-state index contributed by atoms with van der Waals surface area (Å²) in [6, 6.07) is 16.0. The van der Waals surface area contributed by atoms with Crippen molar-refractivity contribution in [3.8, 4) is 17.0 Å². The largest absolute Gasteiger partial charge is 0.508 e. The maximum absolute atomic E-state index is 9.71. The number of benzene rings is 2. The van der Waals surface area contributed by atoms with Gasteiger partial charge in [-0.3, -0.25) is 0 Å². The molecule has 2 heteroatoms. The smallest absolute Gasteiger partial charge is 0.117 e. The zero-order chi connectivity index (χ0) is 13.4. The molecule has 19 heavy (non-hydrogen) atoms. The summed E-state index contributed by atoms with van der Waals surface area (Å²) in [6.45, 7) is 5.17. The minimum atomic E-state index is 0.319. The fourth-order valence-corrected chi connectivity index (χ4v) is 2.81. The van der Waals surface area contributed by atoms with E-state index in [1.165, 1.54) is 22.2 Å². The SMILES string of the molecule is CCn1c(-c2ccccc2)c(C)c2ccc(O)cc21. The van der Waals surface area contributed by atoms with E-state index in [2.05, 4.69) is 42.7 Å². The van der Waals surface area contributed by atoms with E-state index < -0.39 is 0 Å². The maximum atomic E-state index is 9.71. The fraction of sp³-hybridized carbons (Fsp3) is 0.176. The van der Waals surface area contributed by atoms with Gasteiger partial charge in [0.1, 0.15) is 5.75 Å². The van der Waals surface area contributed by atoms with Gasteiger partial charge in [-0.25, -0.2) is 0 Å². The van der Waals surface area contributed by atoms with Crippen molar-refractivity contribution in [2.24, 2.45) is 0 Å². The van der Waals surface area contributed by atoms with Crippen LogP contribution in [0.4, 0.5) is 0 Å². The van der Waals surface area contributed by atoms with E-state index in [1.54, 1.807) is 6.07 Å². The van der Waals surface area contributed by atoms with Crippen LogP contribution in [0.15, 0.2) is 48.5 Å². The van der Waals surface area contributed by atoms with Crippen LogP contribution in [0.3, 0.4) is 0 Å². The van der Waals surface area contributed by atoms with Gasteiger partial charge >= 0.3 is 0 Å². The zero-order valence-corrected chi connectivity index (χ0v) is 11.2. The van der Waals surface area contributed by atoms with E-state index in [0.717, 1.165) is 12.1 Å².